The molecule has 1 atom stereocenters. The van der Waals surface area contributed by atoms with Crippen LogP contribution in [0.15, 0.2) is 11.6 Å². The molecule has 0 aromatic carbocycles. The van der Waals surface area contributed by atoms with E-state index in [2.05, 4.69) is 25.0 Å². The van der Waals surface area contributed by atoms with Crippen molar-refractivity contribution in [2.45, 2.75) is 25.3 Å². The van der Waals surface area contributed by atoms with E-state index in [4.69, 9.17) is 11.6 Å². The molecule has 0 aliphatic heterocycles. The smallest absolute Gasteiger partial charge is 0.0684 e. The maximum atomic E-state index is 5.48. The lowest BCUT2D eigenvalue weighted by Crippen LogP contribution is -2.45. The van der Waals surface area contributed by atoms with Gasteiger partial charge in [0.15, 0.2) is 0 Å². The summed E-state index contributed by atoms with van der Waals surface area (Å²) >= 11 is 5.48. The van der Waals surface area contributed by atoms with E-state index in [0.29, 0.717) is 5.67 Å². The van der Waals surface area contributed by atoms with E-state index in [1.165, 1.54) is 0 Å². The van der Waals surface area contributed by atoms with Crippen molar-refractivity contribution in [3.05, 3.63) is 11.6 Å². The van der Waals surface area contributed by atoms with E-state index in [-0.39, 0.29) is 0 Å². The molecule has 60 valence electrons. The molecule has 1 N–H and O–H groups in total. The summed E-state index contributed by atoms with van der Waals surface area (Å²) in [7, 11) is 0.882. The lowest BCUT2D eigenvalue weighted by molar-refractivity contribution is 0.825. The zero-order valence-electron chi connectivity index (χ0n) is 7.11. The second kappa shape index (κ2) is 4.16. The molecule has 0 bridgehead atoms. The molecule has 10 heavy (non-hydrogen) atoms. The molecule has 0 aromatic heterocycles. The van der Waals surface area contributed by atoms with Crippen LogP contribution in [0.3, 0.4) is 0 Å². The van der Waals surface area contributed by atoms with Gasteiger partial charge in [0.05, 0.1) is 8.07 Å². The van der Waals surface area contributed by atoms with E-state index < -0.39 is 8.07 Å². The Hall–Kier alpha value is 0.207. The van der Waals surface area contributed by atoms with Crippen LogP contribution in [0.4, 0.5) is 0 Å². The Labute approximate surface area is 69.5 Å². The lowest BCUT2D eigenvalue weighted by atomic mass is 10.6. The average molecular weight is 178 g/mol. The third-order valence-corrected chi connectivity index (χ3v) is 4.00. The molecule has 3 heteroatoms. The molecule has 0 aromatic rings. The van der Waals surface area contributed by atoms with Gasteiger partial charge in [-0.1, -0.05) is 37.3 Å². The first-order valence-electron chi connectivity index (χ1n) is 3.46. The van der Waals surface area contributed by atoms with Crippen LogP contribution in [0, 0.1) is 0 Å². The largest absolute Gasteiger partial charge is 0.316 e. The Morgan fingerprint density at radius 1 is 1.40 bits per heavy atom. The minimum Gasteiger partial charge on any atom is -0.316 e. The first-order valence-corrected chi connectivity index (χ1v) is 7.48. The molecule has 0 aliphatic rings. The Morgan fingerprint density at radius 3 is 2.00 bits per heavy atom. The SMILES string of the molecule is CNC(/C=C/Cl)[Si](C)(C)C. The molecular formula is C7H16ClNSi. The molecule has 0 spiro atoms. The highest BCUT2D eigenvalue weighted by Crippen LogP contribution is 2.08. The van der Waals surface area contributed by atoms with Gasteiger partial charge in [-0.25, -0.2) is 0 Å². The van der Waals surface area contributed by atoms with E-state index in [1.807, 2.05) is 13.1 Å². The minimum absolute atomic E-state index is 0.491. The van der Waals surface area contributed by atoms with Crippen molar-refractivity contribution in [3.8, 4) is 0 Å². The van der Waals surface area contributed by atoms with Crippen molar-refractivity contribution in [2.75, 3.05) is 7.05 Å². The molecule has 0 radical (unpaired) electrons. The van der Waals surface area contributed by atoms with Gasteiger partial charge in [-0.2, -0.15) is 0 Å². The summed E-state index contributed by atoms with van der Waals surface area (Å²) in [6, 6.07) is 0. The Balaban J connectivity index is 4.07. The van der Waals surface area contributed by atoms with Gasteiger partial charge in [-0.15, -0.1) is 0 Å². The molecule has 1 unspecified atom stereocenters. The van der Waals surface area contributed by atoms with Crippen LogP contribution in [0.5, 0.6) is 0 Å². The minimum atomic E-state index is -1.09. The number of nitrogens with one attached hydrogen (secondary N) is 1. The Morgan fingerprint density at radius 2 is 1.90 bits per heavy atom. The van der Waals surface area contributed by atoms with Crippen LogP contribution in [0.25, 0.3) is 0 Å². The normalized spacial score (nSPS) is 16.1. The molecule has 0 fully saturated rings. The average Bonchev–Trinajstić information content (AvgIpc) is 1.80. The second-order valence-electron chi connectivity index (χ2n) is 3.45. The molecule has 1 nitrogen and oxygen atoms in total. The number of hydrogen-bond acceptors (Lipinski definition) is 1. The third kappa shape index (κ3) is 3.39. The van der Waals surface area contributed by atoms with Gasteiger partial charge >= 0.3 is 0 Å². The molecule has 0 aliphatic carbocycles. The van der Waals surface area contributed by atoms with E-state index in [9.17, 15) is 0 Å². The third-order valence-electron chi connectivity index (χ3n) is 1.51. The Kier molecular flexibility index (Phi) is 4.25. The fourth-order valence-electron chi connectivity index (χ4n) is 0.891. The molecule has 0 heterocycles. The van der Waals surface area contributed by atoms with Crippen LogP contribution in [0.2, 0.25) is 19.6 Å². The van der Waals surface area contributed by atoms with Gasteiger partial charge in [-0.05, 0) is 7.05 Å². The number of likely N-dealkylation sites (N-methyl/N-ethyl adjacent to an activating group) is 1. The van der Waals surface area contributed by atoms with Gasteiger partial charge in [-0.3, -0.25) is 0 Å². The Bertz CT molecular complexity index is 117. The predicted molar refractivity (Wildman–Crippen MR) is 51.2 cm³/mol. The van der Waals surface area contributed by atoms with Crippen molar-refractivity contribution < 1.29 is 0 Å². The fraction of sp³-hybridized carbons (Fsp3) is 0.714. The first kappa shape index (κ1) is 10.2. The standard InChI is InChI=1S/C7H16ClNSi/c1-9-7(5-6-8)10(2,3)4/h5-7,9H,1-4H3/b6-5+. The molecule has 0 rings (SSSR count). The second-order valence-corrected chi connectivity index (χ2v) is 9.06. The van der Waals surface area contributed by atoms with Gasteiger partial charge in [0.2, 0.25) is 0 Å². The summed E-state index contributed by atoms with van der Waals surface area (Å²) < 4.78 is 0. The summed E-state index contributed by atoms with van der Waals surface area (Å²) in [5.74, 6) is 0. The van der Waals surface area contributed by atoms with Crippen LogP contribution >= 0.6 is 11.6 Å². The van der Waals surface area contributed by atoms with Gasteiger partial charge in [0, 0.05) is 11.2 Å². The maximum absolute atomic E-state index is 5.48. The lowest BCUT2D eigenvalue weighted by Gasteiger charge is -2.25. The van der Waals surface area contributed by atoms with Crippen molar-refractivity contribution in [3.63, 3.8) is 0 Å². The van der Waals surface area contributed by atoms with Gasteiger partial charge in [0.25, 0.3) is 0 Å². The van der Waals surface area contributed by atoms with Crippen molar-refractivity contribution >= 4 is 19.7 Å². The highest BCUT2D eigenvalue weighted by molar-refractivity contribution is 6.78. The van der Waals surface area contributed by atoms with Crippen molar-refractivity contribution in [2.24, 2.45) is 0 Å². The zero-order valence-corrected chi connectivity index (χ0v) is 8.87. The summed E-state index contributed by atoms with van der Waals surface area (Å²) in [6.45, 7) is 6.93. The van der Waals surface area contributed by atoms with E-state index in [1.54, 1.807) is 5.54 Å². The first-order chi connectivity index (χ1) is 4.52. The van der Waals surface area contributed by atoms with E-state index in [0.717, 1.165) is 0 Å². The van der Waals surface area contributed by atoms with Crippen LogP contribution < -0.4 is 5.32 Å². The molecule has 0 saturated heterocycles. The van der Waals surface area contributed by atoms with Gasteiger partial charge < -0.3 is 5.32 Å². The van der Waals surface area contributed by atoms with Crippen LogP contribution in [0.1, 0.15) is 0 Å². The number of hydrogen-bond donors (Lipinski definition) is 1. The topological polar surface area (TPSA) is 12.0 Å². The highest BCUT2D eigenvalue weighted by atomic mass is 35.5. The van der Waals surface area contributed by atoms with E-state index >= 15 is 0 Å². The van der Waals surface area contributed by atoms with Gasteiger partial charge in [0.1, 0.15) is 0 Å². The number of rotatable bonds is 3. The molecule has 0 saturated carbocycles. The summed E-state index contributed by atoms with van der Waals surface area (Å²) in [4.78, 5) is 0. The highest BCUT2D eigenvalue weighted by Gasteiger charge is 2.22. The molecular weight excluding hydrogens is 162 g/mol. The number of halogens is 1. The summed E-state index contributed by atoms with van der Waals surface area (Å²) in [6.07, 6.45) is 2.02. The van der Waals surface area contributed by atoms with Crippen LogP contribution in [-0.4, -0.2) is 20.8 Å². The maximum Gasteiger partial charge on any atom is 0.0684 e. The quantitative estimate of drug-likeness (QED) is 0.652. The van der Waals surface area contributed by atoms with Crippen LogP contribution in [-0.2, 0) is 0 Å². The summed E-state index contributed by atoms with van der Waals surface area (Å²) in [5, 5.41) is 3.23. The predicted octanol–water partition coefficient (Wildman–Crippen LogP) is 2.20. The fourth-order valence-corrected chi connectivity index (χ4v) is 2.70. The molecule has 0 amide bonds. The zero-order chi connectivity index (χ0) is 8.20. The monoisotopic (exact) mass is 177 g/mol. The van der Waals surface area contributed by atoms with Crippen molar-refractivity contribution in [1.29, 1.82) is 0 Å². The van der Waals surface area contributed by atoms with Crippen molar-refractivity contribution in [1.82, 2.24) is 5.32 Å². The summed E-state index contributed by atoms with van der Waals surface area (Å²) in [5.41, 5.74) is 2.09.